The molecule has 1 heterocycles. The van der Waals surface area contributed by atoms with Gasteiger partial charge in [-0.2, -0.15) is 0 Å². The molecule has 1 aliphatic heterocycles. The van der Waals surface area contributed by atoms with Crippen LogP contribution in [0.5, 0.6) is 5.75 Å². The van der Waals surface area contributed by atoms with Crippen LogP contribution < -0.4 is 9.64 Å². The Balaban J connectivity index is 0.00000151. The second kappa shape index (κ2) is 9.54. The summed E-state index contributed by atoms with van der Waals surface area (Å²) in [6.07, 6.45) is -0.230. The van der Waals surface area contributed by atoms with E-state index in [9.17, 15) is 4.79 Å². The maximum Gasteiger partial charge on any atom is 0.410 e. The van der Waals surface area contributed by atoms with Gasteiger partial charge in [0.2, 0.25) is 0 Å². The van der Waals surface area contributed by atoms with Crippen LogP contribution in [0.1, 0.15) is 41.5 Å². The molecule has 0 saturated carbocycles. The molecule has 0 bridgehead atoms. The Morgan fingerprint density at radius 2 is 1.76 bits per heavy atom. The molecule has 1 amide bonds. The summed E-state index contributed by atoms with van der Waals surface area (Å²) >= 11 is 0. The minimum atomic E-state index is -0.463. The van der Waals surface area contributed by atoms with E-state index in [0.29, 0.717) is 19.0 Å². The average Bonchev–Trinajstić information content (AvgIpc) is 2.77. The zero-order valence-electron chi connectivity index (χ0n) is 16.8. The summed E-state index contributed by atoms with van der Waals surface area (Å²) in [5.74, 6) is 1.22. The Labute approximate surface area is 152 Å². The number of rotatable bonds is 2. The molecule has 1 aliphatic rings. The first kappa shape index (κ1) is 21.1. The zero-order valence-corrected chi connectivity index (χ0v) is 16.8. The van der Waals surface area contributed by atoms with Crippen LogP contribution >= 0.6 is 0 Å². The fraction of sp³-hybridized carbons (Fsp3) is 0.650. The molecule has 142 valence electrons. The predicted molar refractivity (Wildman–Crippen MR) is 104 cm³/mol. The first-order valence-electron chi connectivity index (χ1n) is 9.16. The number of amides is 1. The maximum atomic E-state index is 12.3. The minimum Gasteiger partial charge on any atom is -0.495 e. The summed E-state index contributed by atoms with van der Waals surface area (Å²) < 4.78 is 11.0. The molecule has 0 aliphatic carbocycles. The number of methoxy groups -OCH3 is 1. The number of hydrogen-bond acceptors (Lipinski definition) is 4. The largest absolute Gasteiger partial charge is 0.495 e. The van der Waals surface area contributed by atoms with Crippen LogP contribution in [0.3, 0.4) is 0 Å². The zero-order chi connectivity index (χ0) is 19.0. The van der Waals surface area contributed by atoms with Gasteiger partial charge in [-0.1, -0.05) is 32.9 Å². The van der Waals surface area contributed by atoms with Gasteiger partial charge < -0.3 is 19.3 Å². The van der Waals surface area contributed by atoms with Crippen LogP contribution in [-0.4, -0.2) is 49.9 Å². The number of carbonyl (C=O) groups is 1. The molecular formula is C20H34N2O3. The van der Waals surface area contributed by atoms with Crippen LogP contribution in [0.2, 0.25) is 0 Å². The van der Waals surface area contributed by atoms with Gasteiger partial charge in [0.25, 0.3) is 0 Å². The van der Waals surface area contributed by atoms with Crippen molar-refractivity contribution < 1.29 is 14.3 Å². The average molecular weight is 351 g/mol. The van der Waals surface area contributed by atoms with Gasteiger partial charge >= 0.3 is 6.09 Å². The van der Waals surface area contributed by atoms with Gasteiger partial charge in [-0.05, 0) is 38.8 Å². The van der Waals surface area contributed by atoms with Crippen molar-refractivity contribution >= 4 is 11.8 Å². The smallest absolute Gasteiger partial charge is 0.410 e. The van der Waals surface area contributed by atoms with E-state index < -0.39 is 5.60 Å². The molecule has 0 spiro atoms. The van der Waals surface area contributed by atoms with Gasteiger partial charge in [-0.25, -0.2) is 4.79 Å². The summed E-state index contributed by atoms with van der Waals surface area (Å²) in [4.78, 5) is 16.4. The van der Waals surface area contributed by atoms with Gasteiger partial charge in [0.15, 0.2) is 0 Å². The molecule has 1 atom stereocenters. The topological polar surface area (TPSA) is 42.0 Å². The van der Waals surface area contributed by atoms with Gasteiger partial charge in [-0.3, -0.25) is 0 Å². The summed E-state index contributed by atoms with van der Waals surface area (Å²) in [7, 11) is 1.69. The number of hydrogen-bond donors (Lipinski definition) is 0. The summed E-state index contributed by atoms with van der Waals surface area (Å²) in [6, 6.07) is 8.01. The van der Waals surface area contributed by atoms with Crippen LogP contribution in [0.4, 0.5) is 10.5 Å². The Kier molecular flexibility index (Phi) is 8.07. The van der Waals surface area contributed by atoms with Gasteiger partial charge in [-0.15, -0.1) is 0 Å². The number of anilines is 1. The fourth-order valence-electron chi connectivity index (χ4n) is 2.84. The molecule has 1 fully saturated rings. The molecule has 1 saturated heterocycles. The van der Waals surface area contributed by atoms with Crippen LogP contribution in [-0.2, 0) is 4.74 Å². The fourth-order valence-corrected chi connectivity index (χ4v) is 2.84. The van der Waals surface area contributed by atoms with Crippen molar-refractivity contribution in [2.45, 2.75) is 47.1 Å². The molecule has 0 radical (unpaired) electrons. The lowest BCUT2D eigenvalue weighted by Gasteiger charge is -2.27. The van der Waals surface area contributed by atoms with E-state index in [-0.39, 0.29) is 6.09 Å². The van der Waals surface area contributed by atoms with Crippen LogP contribution in [0.15, 0.2) is 24.3 Å². The Morgan fingerprint density at radius 3 is 2.36 bits per heavy atom. The molecule has 0 N–H and O–H groups in total. The highest BCUT2D eigenvalue weighted by Gasteiger charge is 2.28. The molecule has 5 nitrogen and oxygen atoms in total. The maximum absolute atomic E-state index is 12.3. The van der Waals surface area contributed by atoms with E-state index in [2.05, 4.69) is 17.9 Å². The Morgan fingerprint density at radius 1 is 1.12 bits per heavy atom. The van der Waals surface area contributed by atoms with Gasteiger partial charge in [0, 0.05) is 26.2 Å². The van der Waals surface area contributed by atoms with Crippen LogP contribution in [0.25, 0.3) is 0 Å². The number of benzene rings is 1. The summed E-state index contributed by atoms with van der Waals surface area (Å²) in [6.45, 7) is 14.9. The predicted octanol–water partition coefficient (Wildman–Crippen LogP) is 4.41. The minimum absolute atomic E-state index is 0.230. The number of carbonyl (C=O) groups excluding carboxylic acids is 1. The van der Waals surface area contributed by atoms with E-state index in [0.717, 1.165) is 24.5 Å². The quantitative estimate of drug-likeness (QED) is 0.792. The van der Waals surface area contributed by atoms with Crippen molar-refractivity contribution in [3.63, 3.8) is 0 Å². The molecule has 0 aromatic heterocycles. The normalized spacial score (nSPS) is 18.0. The number of nitrogens with zero attached hydrogens (tertiary/aromatic N) is 2. The van der Waals surface area contributed by atoms with Crippen molar-refractivity contribution in [2.75, 3.05) is 38.2 Å². The summed E-state index contributed by atoms with van der Waals surface area (Å²) in [5, 5.41) is 0. The molecule has 1 aromatic rings. The van der Waals surface area contributed by atoms with Crippen molar-refractivity contribution in [1.29, 1.82) is 0 Å². The number of para-hydroxylation sites is 2. The number of ether oxygens (including phenoxy) is 2. The Hall–Kier alpha value is -1.91. The monoisotopic (exact) mass is 350 g/mol. The van der Waals surface area contributed by atoms with E-state index in [4.69, 9.17) is 9.47 Å². The lowest BCUT2D eigenvalue weighted by molar-refractivity contribution is 0.0245. The van der Waals surface area contributed by atoms with Gasteiger partial charge in [0.05, 0.1) is 12.8 Å². The second-order valence-electron chi connectivity index (χ2n) is 7.15. The lowest BCUT2D eigenvalue weighted by Crippen LogP contribution is -2.39. The lowest BCUT2D eigenvalue weighted by atomic mass is 10.1. The van der Waals surface area contributed by atoms with E-state index in [1.807, 2.05) is 57.7 Å². The third-order valence-corrected chi connectivity index (χ3v) is 3.78. The van der Waals surface area contributed by atoms with E-state index in [1.54, 1.807) is 7.11 Å². The Bertz CT molecular complexity index is 540. The molecule has 5 heteroatoms. The van der Waals surface area contributed by atoms with Crippen molar-refractivity contribution in [3.8, 4) is 5.75 Å². The highest BCUT2D eigenvalue weighted by Crippen LogP contribution is 2.29. The molecular weight excluding hydrogens is 316 g/mol. The molecule has 1 unspecified atom stereocenters. The SMILES string of the molecule is CC.COc1ccccc1N1CCN(C(=O)OC(C)(C)C)CC(C)C1. The van der Waals surface area contributed by atoms with E-state index in [1.165, 1.54) is 0 Å². The third kappa shape index (κ3) is 6.48. The highest BCUT2D eigenvalue weighted by atomic mass is 16.6. The molecule has 2 rings (SSSR count). The first-order valence-corrected chi connectivity index (χ1v) is 9.16. The van der Waals surface area contributed by atoms with Crippen LogP contribution in [0, 0.1) is 5.92 Å². The van der Waals surface area contributed by atoms with Crippen molar-refractivity contribution in [1.82, 2.24) is 4.90 Å². The molecule has 1 aromatic carbocycles. The third-order valence-electron chi connectivity index (χ3n) is 3.78. The van der Waals surface area contributed by atoms with Crippen molar-refractivity contribution in [2.24, 2.45) is 5.92 Å². The van der Waals surface area contributed by atoms with E-state index >= 15 is 0 Å². The summed E-state index contributed by atoms with van der Waals surface area (Å²) in [5.41, 5.74) is 0.613. The van der Waals surface area contributed by atoms with Crippen molar-refractivity contribution in [3.05, 3.63) is 24.3 Å². The second-order valence-corrected chi connectivity index (χ2v) is 7.15. The van der Waals surface area contributed by atoms with Gasteiger partial charge in [0.1, 0.15) is 11.4 Å². The first-order chi connectivity index (χ1) is 11.8. The standard InChI is InChI=1S/C18H28N2O3.C2H6/c1-14-12-19(15-8-6-7-9-16(15)22-5)10-11-20(13-14)17(21)23-18(2,3)4;1-2/h6-9,14H,10-13H2,1-5H3;1-2H3. The highest BCUT2D eigenvalue weighted by molar-refractivity contribution is 5.68. The molecule has 25 heavy (non-hydrogen) atoms.